The van der Waals surface area contributed by atoms with Gasteiger partial charge in [-0.25, -0.2) is 18.4 Å². The average Bonchev–Trinajstić information content (AvgIpc) is 2.97. The third-order valence-corrected chi connectivity index (χ3v) is 8.96. The first-order chi connectivity index (χ1) is 19.3. The highest BCUT2D eigenvalue weighted by molar-refractivity contribution is 7.91. The van der Waals surface area contributed by atoms with Crippen molar-refractivity contribution in [3.8, 4) is 5.75 Å². The third kappa shape index (κ3) is 6.80. The van der Waals surface area contributed by atoms with Crippen molar-refractivity contribution in [3.05, 3.63) is 66.0 Å². The van der Waals surface area contributed by atoms with E-state index in [9.17, 15) is 8.42 Å². The summed E-state index contributed by atoms with van der Waals surface area (Å²) >= 11 is 0. The summed E-state index contributed by atoms with van der Waals surface area (Å²) in [6.07, 6.45) is 3.78. The summed E-state index contributed by atoms with van der Waals surface area (Å²) in [7, 11) is -1.27. The van der Waals surface area contributed by atoms with Gasteiger partial charge in [0.05, 0.1) is 24.8 Å². The maximum absolute atomic E-state index is 11.8. The van der Waals surface area contributed by atoms with E-state index in [-0.39, 0.29) is 17.3 Å². The number of methoxy groups -OCH3 is 1. The van der Waals surface area contributed by atoms with Gasteiger partial charge in [-0.15, -0.1) is 0 Å². The molecule has 12 heteroatoms. The second kappa shape index (κ2) is 12.1. The highest BCUT2D eigenvalue weighted by atomic mass is 32.2. The number of aromatic nitrogens is 2. The molecule has 0 spiro atoms. The van der Waals surface area contributed by atoms with Crippen molar-refractivity contribution in [2.45, 2.75) is 25.4 Å². The summed E-state index contributed by atoms with van der Waals surface area (Å²) in [4.78, 5) is 13.6. The van der Waals surface area contributed by atoms with Crippen LogP contribution in [0.4, 0.5) is 23.0 Å². The number of hydrogen-bond acceptors (Lipinski definition) is 10. The fraction of sp³-hybridized carbons (Fsp3) is 0.393. The molecule has 40 heavy (non-hydrogen) atoms. The number of benzene rings is 2. The van der Waals surface area contributed by atoms with Crippen molar-refractivity contribution in [2.24, 2.45) is 5.73 Å². The number of ether oxygens (including phenoxy) is 1. The highest BCUT2D eigenvalue weighted by Gasteiger charge is 2.23. The molecule has 0 amide bonds. The number of rotatable bonds is 9. The molecule has 2 aromatic carbocycles. The minimum Gasteiger partial charge on any atom is -0.497 e. The lowest BCUT2D eigenvalue weighted by molar-refractivity contribution is 0.412. The number of piperidine rings is 1. The smallest absolute Gasteiger partial charge is 0.162 e. The van der Waals surface area contributed by atoms with E-state index < -0.39 is 9.84 Å². The molecular weight excluding hydrogens is 528 g/mol. The number of nitrogens with two attached hydrogens (primary N) is 1. The number of nitrogens with one attached hydrogen (secondary N) is 3. The van der Waals surface area contributed by atoms with Crippen LogP contribution < -0.4 is 30.9 Å². The Morgan fingerprint density at radius 3 is 2.48 bits per heavy atom. The summed E-state index contributed by atoms with van der Waals surface area (Å²) < 4.78 is 28.8. The molecule has 0 bridgehead atoms. The first kappa shape index (κ1) is 27.7. The van der Waals surface area contributed by atoms with Crippen LogP contribution in [0.5, 0.6) is 5.75 Å². The molecule has 1 aromatic heterocycles. The van der Waals surface area contributed by atoms with E-state index in [1.165, 1.54) is 5.56 Å². The number of amidine groups is 1. The Labute approximate surface area is 235 Å². The van der Waals surface area contributed by atoms with Crippen LogP contribution in [0.1, 0.15) is 24.1 Å². The predicted molar refractivity (Wildman–Crippen MR) is 159 cm³/mol. The second-order valence-electron chi connectivity index (χ2n) is 10.2. The maximum Gasteiger partial charge on any atom is 0.162 e. The van der Waals surface area contributed by atoms with Crippen LogP contribution in [0, 0.1) is 5.41 Å². The third-order valence-electron chi connectivity index (χ3n) is 7.35. The monoisotopic (exact) mass is 564 g/mol. The molecular formula is C28H36N8O3S. The van der Waals surface area contributed by atoms with E-state index in [1.54, 1.807) is 13.3 Å². The van der Waals surface area contributed by atoms with Gasteiger partial charge in [-0.3, -0.25) is 5.41 Å². The molecule has 0 unspecified atom stereocenters. The number of anilines is 4. The molecule has 0 saturated carbocycles. The summed E-state index contributed by atoms with van der Waals surface area (Å²) in [5.74, 6) is 2.19. The average molecular weight is 565 g/mol. The lowest BCUT2D eigenvalue weighted by atomic mass is 10.1. The zero-order valence-electron chi connectivity index (χ0n) is 22.6. The van der Waals surface area contributed by atoms with Crippen LogP contribution >= 0.6 is 0 Å². The molecule has 2 fully saturated rings. The molecule has 11 nitrogen and oxygen atoms in total. The molecule has 1 atom stereocenters. The molecule has 212 valence electrons. The van der Waals surface area contributed by atoms with Gasteiger partial charge in [-0.05, 0) is 54.8 Å². The van der Waals surface area contributed by atoms with Crippen LogP contribution in [0.15, 0.2) is 54.7 Å². The van der Waals surface area contributed by atoms with E-state index in [1.807, 2.05) is 36.4 Å². The van der Waals surface area contributed by atoms with Gasteiger partial charge in [0.25, 0.3) is 0 Å². The molecule has 0 aliphatic carbocycles. The zero-order chi connectivity index (χ0) is 28.1. The van der Waals surface area contributed by atoms with Crippen molar-refractivity contribution < 1.29 is 13.2 Å². The molecule has 5 rings (SSSR count). The van der Waals surface area contributed by atoms with Crippen LogP contribution in [0.25, 0.3) is 0 Å². The molecule has 2 aliphatic heterocycles. The Bertz CT molecular complexity index is 1420. The Kier molecular flexibility index (Phi) is 8.36. The summed E-state index contributed by atoms with van der Waals surface area (Å²) in [6, 6.07) is 16.1. The maximum atomic E-state index is 11.8. The Morgan fingerprint density at radius 1 is 1.07 bits per heavy atom. The number of nitrogen functional groups attached to an aromatic ring is 1. The first-order valence-corrected chi connectivity index (χ1v) is 15.3. The standard InChI is InChI=1S/C28H36N8O3S/c1-39-24-10-4-20(5-11-24)17-31-22-3-2-12-36(19-22)25-18-32-26(27(29)30)28(34-25)33-21-6-8-23(9-7-21)35-13-15-40(37,38)16-14-35/h4-11,18,22,31H,2-3,12-17,19H2,1H3,(H3,29,30)(H,33,34)/t22-/m1/s1. The van der Waals surface area contributed by atoms with Crippen LogP contribution in [0.3, 0.4) is 0 Å². The van der Waals surface area contributed by atoms with Gasteiger partial charge in [0.15, 0.2) is 15.7 Å². The van der Waals surface area contributed by atoms with E-state index in [0.29, 0.717) is 30.6 Å². The molecule has 0 radical (unpaired) electrons. The van der Waals surface area contributed by atoms with Crippen LogP contribution in [-0.4, -0.2) is 75.1 Å². The van der Waals surface area contributed by atoms with Crippen LogP contribution in [-0.2, 0) is 16.4 Å². The SMILES string of the molecule is COc1ccc(CN[C@@H]2CCCN(c3cnc(C(=N)N)c(Nc4ccc(N5CCS(=O)(=O)CC5)cc4)n3)C2)cc1. The fourth-order valence-corrected chi connectivity index (χ4v) is 6.24. The molecule has 3 aromatic rings. The number of hydrogen-bond donors (Lipinski definition) is 4. The molecule has 2 saturated heterocycles. The second-order valence-corrected chi connectivity index (χ2v) is 12.5. The van der Waals surface area contributed by atoms with Crippen molar-refractivity contribution in [2.75, 3.05) is 59.9 Å². The van der Waals surface area contributed by atoms with Gasteiger partial charge in [-0.2, -0.15) is 0 Å². The van der Waals surface area contributed by atoms with Crippen LogP contribution in [0.2, 0.25) is 0 Å². The zero-order valence-corrected chi connectivity index (χ0v) is 23.5. The largest absolute Gasteiger partial charge is 0.497 e. The first-order valence-electron chi connectivity index (χ1n) is 13.4. The van der Waals surface area contributed by atoms with Crippen molar-refractivity contribution in [1.82, 2.24) is 15.3 Å². The normalized spacial score (nSPS) is 18.8. The van der Waals surface area contributed by atoms with Gasteiger partial charge >= 0.3 is 0 Å². The summed E-state index contributed by atoms with van der Waals surface area (Å²) in [5.41, 5.74) is 9.07. The van der Waals surface area contributed by atoms with Crippen molar-refractivity contribution in [3.63, 3.8) is 0 Å². The molecule has 3 heterocycles. The van der Waals surface area contributed by atoms with E-state index >= 15 is 0 Å². The van der Waals surface area contributed by atoms with E-state index in [2.05, 4.69) is 37.6 Å². The number of nitrogens with zero attached hydrogens (tertiary/aromatic N) is 4. The summed E-state index contributed by atoms with van der Waals surface area (Å²) in [6.45, 7) is 3.41. The van der Waals surface area contributed by atoms with E-state index in [4.69, 9.17) is 20.9 Å². The minimum absolute atomic E-state index is 0.162. The Balaban J connectivity index is 1.25. The van der Waals surface area contributed by atoms with Gasteiger partial charge in [-0.1, -0.05) is 12.1 Å². The highest BCUT2D eigenvalue weighted by Crippen LogP contribution is 2.26. The predicted octanol–water partition coefficient (Wildman–Crippen LogP) is 2.51. The fourth-order valence-electron chi connectivity index (χ4n) is 5.04. The van der Waals surface area contributed by atoms with Gasteiger partial charge < -0.3 is 30.9 Å². The van der Waals surface area contributed by atoms with Crippen molar-refractivity contribution >= 4 is 38.7 Å². The lowest BCUT2D eigenvalue weighted by Crippen LogP contribution is -2.46. The van der Waals surface area contributed by atoms with Gasteiger partial charge in [0.2, 0.25) is 0 Å². The summed E-state index contributed by atoms with van der Waals surface area (Å²) in [5, 5.41) is 14.9. The Hall–Kier alpha value is -3.90. The van der Waals surface area contributed by atoms with Gasteiger partial charge in [0, 0.05) is 50.1 Å². The van der Waals surface area contributed by atoms with Gasteiger partial charge in [0.1, 0.15) is 23.1 Å². The minimum atomic E-state index is -2.93. The lowest BCUT2D eigenvalue weighted by Gasteiger charge is -2.34. The van der Waals surface area contributed by atoms with Crippen molar-refractivity contribution in [1.29, 1.82) is 5.41 Å². The molecule has 5 N–H and O–H groups in total. The Morgan fingerprint density at radius 2 is 1.80 bits per heavy atom. The topological polar surface area (TPSA) is 150 Å². The van der Waals surface area contributed by atoms with E-state index in [0.717, 1.165) is 55.4 Å². The quantitative estimate of drug-likeness (QED) is 0.226. The molecule has 2 aliphatic rings. The number of sulfone groups is 1.